The monoisotopic (exact) mass is 431 g/mol. The highest BCUT2D eigenvalue weighted by Gasteiger charge is 2.27. The Labute approximate surface area is 182 Å². The van der Waals surface area contributed by atoms with E-state index in [0.29, 0.717) is 11.7 Å². The lowest BCUT2D eigenvalue weighted by atomic mass is 10.0. The van der Waals surface area contributed by atoms with Gasteiger partial charge >= 0.3 is 6.09 Å². The maximum absolute atomic E-state index is 12.2. The highest BCUT2D eigenvalue weighted by Crippen LogP contribution is 2.35. The molecule has 1 aliphatic carbocycles. The summed E-state index contributed by atoms with van der Waals surface area (Å²) in [5.41, 5.74) is 2.57. The molecule has 2 aromatic heterocycles. The Morgan fingerprint density at radius 3 is 2.83 bits per heavy atom. The van der Waals surface area contributed by atoms with Crippen LogP contribution in [0.3, 0.4) is 0 Å². The van der Waals surface area contributed by atoms with Gasteiger partial charge in [0.05, 0.1) is 6.20 Å². The van der Waals surface area contributed by atoms with Gasteiger partial charge in [-0.15, -0.1) is 0 Å². The summed E-state index contributed by atoms with van der Waals surface area (Å²) >= 11 is 6.25. The number of hydrogen-bond acceptors (Lipinski definition) is 5. The van der Waals surface area contributed by atoms with E-state index in [9.17, 15) is 4.79 Å². The third kappa shape index (κ3) is 5.45. The van der Waals surface area contributed by atoms with Crippen LogP contribution in [0, 0.1) is 5.92 Å². The van der Waals surface area contributed by atoms with Crippen molar-refractivity contribution in [3.05, 3.63) is 29.8 Å². The van der Waals surface area contributed by atoms with Gasteiger partial charge < -0.3 is 15.0 Å². The molecular weight excluding hydrogens is 402 g/mol. The lowest BCUT2D eigenvalue weighted by Gasteiger charge is -2.36. The van der Waals surface area contributed by atoms with Gasteiger partial charge in [-0.1, -0.05) is 11.6 Å². The average molecular weight is 432 g/mol. The number of carbonyl (C=O) groups is 1. The fourth-order valence-corrected chi connectivity index (χ4v) is 4.01. The molecular formula is C22H30ClN5O2. The van der Waals surface area contributed by atoms with E-state index in [0.717, 1.165) is 48.7 Å². The van der Waals surface area contributed by atoms with Crippen LogP contribution in [-0.2, 0) is 11.3 Å². The van der Waals surface area contributed by atoms with E-state index < -0.39 is 5.60 Å². The molecule has 1 N–H and O–H groups in total. The molecule has 1 atom stereocenters. The molecule has 0 unspecified atom stereocenters. The van der Waals surface area contributed by atoms with Crippen molar-refractivity contribution in [3.63, 3.8) is 0 Å². The van der Waals surface area contributed by atoms with Crippen LogP contribution in [0.4, 0.5) is 10.5 Å². The minimum atomic E-state index is -0.509. The molecule has 2 fully saturated rings. The second-order valence-electron chi connectivity index (χ2n) is 9.35. The molecule has 162 valence electrons. The second kappa shape index (κ2) is 8.46. The number of halogens is 1. The standard InChI is InChI=1S/C22H30ClN5O2/c1-22(2,3)30-21(29)26-17-5-4-8-27(14-17)19-9-20(23)24-11-18(19)16-10-25-28(13-16)12-15-6-7-15/h9-11,13,15,17H,4-8,12,14H2,1-3H3,(H,26,29)/t17-/m0/s1. The topological polar surface area (TPSA) is 72.3 Å². The first-order valence-corrected chi connectivity index (χ1v) is 11.1. The van der Waals surface area contributed by atoms with Crippen molar-refractivity contribution < 1.29 is 9.53 Å². The minimum absolute atomic E-state index is 0.0194. The van der Waals surface area contributed by atoms with Gasteiger partial charge in [-0.25, -0.2) is 9.78 Å². The average Bonchev–Trinajstić information content (AvgIpc) is 3.35. The van der Waals surface area contributed by atoms with Gasteiger partial charge in [0.1, 0.15) is 10.8 Å². The molecule has 0 spiro atoms. The summed E-state index contributed by atoms with van der Waals surface area (Å²) in [6, 6.07) is 1.93. The first-order valence-electron chi connectivity index (χ1n) is 10.7. The Balaban J connectivity index is 1.50. The zero-order valence-electron chi connectivity index (χ0n) is 17.9. The molecule has 1 amide bonds. The number of nitrogens with one attached hydrogen (secondary N) is 1. The van der Waals surface area contributed by atoms with E-state index in [1.54, 1.807) is 0 Å². The Kier molecular flexibility index (Phi) is 5.91. The van der Waals surface area contributed by atoms with Crippen LogP contribution in [0.25, 0.3) is 11.1 Å². The van der Waals surface area contributed by atoms with Crippen LogP contribution < -0.4 is 10.2 Å². The van der Waals surface area contributed by atoms with Crippen LogP contribution in [0.1, 0.15) is 46.5 Å². The van der Waals surface area contributed by atoms with E-state index in [-0.39, 0.29) is 12.1 Å². The normalized spacial score (nSPS) is 19.6. The third-order valence-corrected chi connectivity index (χ3v) is 5.62. The Bertz CT molecular complexity index is 903. The van der Waals surface area contributed by atoms with E-state index in [4.69, 9.17) is 16.3 Å². The maximum Gasteiger partial charge on any atom is 0.407 e. The summed E-state index contributed by atoms with van der Waals surface area (Å²) in [6.45, 7) is 8.18. The highest BCUT2D eigenvalue weighted by molar-refractivity contribution is 6.29. The van der Waals surface area contributed by atoms with Crippen LogP contribution in [0.15, 0.2) is 24.7 Å². The lowest BCUT2D eigenvalue weighted by molar-refractivity contribution is 0.0500. The predicted octanol–water partition coefficient (Wildman–Crippen LogP) is 4.50. The van der Waals surface area contributed by atoms with Crippen molar-refractivity contribution in [3.8, 4) is 11.1 Å². The molecule has 8 heteroatoms. The smallest absolute Gasteiger partial charge is 0.407 e. The van der Waals surface area contributed by atoms with Gasteiger partial charge in [0.15, 0.2) is 0 Å². The molecule has 1 saturated carbocycles. The number of pyridine rings is 1. The fourth-order valence-electron chi connectivity index (χ4n) is 3.86. The largest absolute Gasteiger partial charge is 0.444 e. The summed E-state index contributed by atoms with van der Waals surface area (Å²) in [7, 11) is 0. The van der Waals surface area contributed by atoms with Crippen molar-refractivity contribution in [2.75, 3.05) is 18.0 Å². The van der Waals surface area contributed by atoms with Crippen molar-refractivity contribution in [1.29, 1.82) is 0 Å². The number of carbonyl (C=O) groups excluding carboxylic acids is 1. The SMILES string of the molecule is CC(C)(C)OC(=O)N[C@H]1CCCN(c2cc(Cl)ncc2-c2cnn(CC3CC3)c2)C1. The van der Waals surface area contributed by atoms with Gasteiger partial charge in [-0.2, -0.15) is 5.10 Å². The molecule has 3 heterocycles. The first-order chi connectivity index (χ1) is 14.3. The molecule has 0 aromatic carbocycles. The lowest BCUT2D eigenvalue weighted by Crippen LogP contribution is -2.49. The number of ether oxygens (including phenoxy) is 1. The third-order valence-electron chi connectivity index (χ3n) is 5.42. The number of rotatable bonds is 5. The van der Waals surface area contributed by atoms with Crippen LogP contribution in [0.5, 0.6) is 0 Å². The number of nitrogens with zero attached hydrogens (tertiary/aromatic N) is 4. The number of piperidine rings is 1. The molecule has 2 aliphatic rings. The summed E-state index contributed by atoms with van der Waals surface area (Å²) in [4.78, 5) is 18.8. The fraction of sp³-hybridized carbons (Fsp3) is 0.591. The first kappa shape index (κ1) is 21.0. The molecule has 7 nitrogen and oxygen atoms in total. The zero-order valence-corrected chi connectivity index (χ0v) is 18.7. The van der Waals surface area contributed by atoms with Gasteiger partial charge in [0, 0.05) is 54.9 Å². The van der Waals surface area contributed by atoms with Gasteiger partial charge in [0.2, 0.25) is 0 Å². The van der Waals surface area contributed by atoms with Crippen molar-refractivity contribution in [2.45, 2.75) is 64.6 Å². The van der Waals surface area contributed by atoms with E-state index in [2.05, 4.69) is 26.5 Å². The number of aromatic nitrogens is 3. The van der Waals surface area contributed by atoms with Crippen LogP contribution in [0.2, 0.25) is 5.15 Å². The van der Waals surface area contributed by atoms with Crippen LogP contribution in [-0.4, -0.2) is 45.6 Å². The number of amides is 1. The molecule has 2 aromatic rings. The summed E-state index contributed by atoms with van der Waals surface area (Å²) in [5, 5.41) is 8.01. The molecule has 4 rings (SSSR count). The Morgan fingerprint density at radius 1 is 1.30 bits per heavy atom. The van der Waals surface area contributed by atoms with E-state index in [1.165, 1.54) is 12.8 Å². The van der Waals surface area contributed by atoms with Crippen LogP contribution >= 0.6 is 11.6 Å². The van der Waals surface area contributed by atoms with Gasteiger partial charge in [-0.3, -0.25) is 4.68 Å². The Hall–Kier alpha value is -2.28. The quantitative estimate of drug-likeness (QED) is 0.705. The summed E-state index contributed by atoms with van der Waals surface area (Å²) in [5.74, 6) is 0.766. The van der Waals surface area contributed by atoms with E-state index in [1.807, 2.05) is 43.9 Å². The summed E-state index contributed by atoms with van der Waals surface area (Å²) in [6.07, 6.45) is 9.92. The minimum Gasteiger partial charge on any atom is -0.444 e. The maximum atomic E-state index is 12.2. The second-order valence-corrected chi connectivity index (χ2v) is 9.74. The van der Waals surface area contributed by atoms with E-state index >= 15 is 0 Å². The summed E-state index contributed by atoms with van der Waals surface area (Å²) < 4.78 is 7.44. The molecule has 30 heavy (non-hydrogen) atoms. The molecule has 1 saturated heterocycles. The van der Waals surface area contributed by atoms with Crippen molar-refractivity contribution in [2.24, 2.45) is 5.92 Å². The molecule has 0 bridgehead atoms. The number of alkyl carbamates (subject to hydrolysis) is 1. The number of hydrogen-bond donors (Lipinski definition) is 1. The van der Waals surface area contributed by atoms with Gasteiger partial charge in [0.25, 0.3) is 0 Å². The highest BCUT2D eigenvalue weighted by atomic mass is 35.5. The number of anilines is 1. The molecule has 1 aliphatic heterocycles. The zero-order chi connectivity index (χ0) is 21.3. The van der Waals surface area contributed by atoms with Crippen molar-refractivity contribution >= 4 is 23.4 Å². The molecule has 0 radical (unpaired) electrons. The van der Waals surface area contributed by atoms with Crippen molar-refractivity contribution in [1.82, 2.24) is 20.1 Å². The van der Waals surface area contributed by atoms with Gasteiger partial charge in [-0.05, 0) is 58.4 Å². The Morgan fingerprint density at radius 2 is 2.10 bits per heavy atom. The predicted molar refractivity (Wildman–Crippen MR) is 118 cm³/mol.